The van der Waals surface area contributed by atoms with Gasteiger partial charge in [0, 0.05) is 11.3 Å². The molecule has 2 rings (SSSR count). The molecule has 0 aliphatic heterocycles. The zero-order chi connectivity index (χ0) is 11.7. The highest BCUT2D eigenvalue weighted by Crippen LogP contribution is 2.28. The maximum Gasteiger partial charge on any atom is 0.237 e. The van der Waals surface area contributed by atoms with Crippen LogP contribution in [0.5, 0.6) is 0 Å². The van der Waals surface area contributed by atoms with E-state index >= 15 is 0 Å². The van der Waals surface area contributed by atoms with Gasteiger partial charge in [-0.2, -0.15) is 9.37 Å². The average molecular weight is 239 g/mol. The van der Waals surface area contributed by atoms with Crippen LogP contribution in [0.1, 0.15) is 0 Å². The second kappa shape index (κ2) is 3.94. The highest BCUT2D eigenvalue weighted by atomic mass is 35.5. The Labute approximate surface area is 96.1 Å². The first-order valence-electron chi connectivity index (χ1n) is 4.42. The van der Waals surface area contributed by atoms with E-state index in [1.54, 1.807) is 24.3 Å². The Hall–Kier alpha value is -1.88. The topological polar surface area (TPSA) is 77.8 Å². The Morgan fingerprint density at radius 1 is 1.19 bits per heavy atom. The molecule has 82 valence electrons. The summed E-state index contributed by atoms with van der Waals surface area (Å²) in [7, 11) is 0. The molecule has 16 heavy (non-hydrogen) atoms. The molecule has 0 aliphatic rings. The number of rotatable bonds is 1. The van der Waals surface area contributed by atoms with Crippen molar-refractivity contribution in [2.45, 2.75) is 0 Å². The van der Waals surface area contributed by atoms with Crippen LogP contribution in [-0.2, 0) is 0 Å². The van der Waals surface area contributed by atoms with Gasteiger partial charge in [-0.3, -0.25) is 0 Å². The van der Waals surface area contributed by atoms with Crippen molar-refractivity contribution >= 4 is 23.2 Å². The third-order valence-corrected chi connectivity index (χ3v) is 2.32. The first kappa shape index (κ1) is 10.6. The lowest BCUT2D eigenvalue weighted by Gasteiger charge is -2.05. The van der Waals surface area contributed by atoms with E-state index in [2.05, 4.69) is 9.97 Å². The smallest absolute Gasteiger partial charge is 0.237 e. The molecule has 1 heterocycles. The molecule has 0 fully saturated rings. The number of hydrogen-bond acceptors (Lipinski definition) is 4. The van der Waals surface area contributed by atoms with Crippen LogP contribution in [0.2, 0.25) is 5.02 Å². The summed E-state index contributed by atoms with van der Waals surface area (Å²) in [5.41, 5.74) is 12.3. The minimum absolute atomic E-state index is 0.167. The number of benzene rings is 1. The van der Waals surface area contributed by atoms with Gasteiger partial charge in [-0.05, 0) is 12.1 Å². The molecular weight excluding hydrogens is 231 g/mol. The van der Waals surface area contributed by atoms with Gasteiger partial charge < -0.3 is 11.5 Å². The second-order valence-corrected chi connectivity index (χ2v) is 3.54. The normalized spacial score (nSPS) is 10.4. The Morgan fingerprint density at radius 3 is 2.62 bits per heavy atom. The van der Waals surface area contributed by atoms with Gasteiger partial charge in [-0.25, -0.2) is 4.98 Å². The highest BCUT2D eigenvalue weighted by molar-refractivity contribution is 6.33. The van der Waals surface area contributed by atoms with E-state index < -0.39 is 5.95 Å². The molecule has 0 radical (unpaired) electrons. The van der Waals surface area contributed by atoms with E-state index in [4.69, 9.17) is 23.1 Å². The molecule has 0 saturated carbocycles. The Balaban J connectivity index is 2.64. The molecule has 2 aromatic rings. The number of aromatic nitrogens is 2. The van der Waals surface area contributed by atoms with Crippen LogP contribution in [0.15, 0.2) is 24.3 Å². The quantitative estimate of drug-likeness (QED) is 0.589. The maximum absolute atomic E-state index is 13.2. The summed E-state index contributed by atoms with van der Waals surface area (Å²) in [5, 5.41) is -0.167. The molecule has 0 unspecified atom stereocenters. The fourth-order valence-corrected chi connectivity index (χ4v) is 1.51. The van der Waals surface area contributed by atoms with Gasteiger partial charge in [0.1, 0.15) is 5.02 Å². The molecule has 4 nitrogen and oxygen atoms in total. The molecule has 0 bridgehead atoms. The average Bonchev–Trinajstić information content (AvgIpc) is 2.23. The SMILES string of the molecule is Nc1cccc(-c2nc(N)nc(F)c2Cl)c1. The van der Waals surface area contributed by atoms with Crippen LogP contribution in [0.25, 0.3) is 11.3 Å². The zero-order valence-corrected chi connectivity index (χ0v) is 8.87. The lowest BCUT2D eigenvalue weighted by Crippen LogP contribution is -2.01. The molecule has 0 aliphatic carbocycles. The Morgan fingerprint density at radius 2 is 1.94 bits per heavy atom. The summed E-state index contributed by atoms with van der Waals surface area (Å²) in [5.74, 6) is -1.01. The molecule has 1 aromatic heterocycles. The van der Waals surface area contributed by atoms with Crippen molar-refractivity contribution in [1.82, 2.24) is 9.97 Å². The van der Waals surface area contributed by atoms with Crippen molar-refractivity contribution in [3.8, 4) is 11.3 Å². The number of anilines is 2. The minimum atomic E-state index is -0.841. The Bertz CT molecular complexity index is 544. The van der Waals surface area contributed by atoms with E-state index in [1.165, 1.54) is 0 Å². The number of hydrogen-bond donors (Lipinski definition) is 2. The fourth-order valence-electron chi connectivity index (χ4n) is 1.31. The van der Waals surface area contributed by atoms with Crippen LogP contribution < -0.4 is 11.5 Å². The summed E-state index contributed by atoms with van der Waals surface area (Å²) >= 11 is 5.76. The van der Waals surface area contributed by atoms with Gasteiger partial charge in [0.15, 0.2) is 0 Å². The molecule has 4 N–H and O–H groups in total. The van der Waals surface area contributed by atoms with Crippen LogP contribution in [0, 0.1) is 5.95 Å². The highest BCUT2D eigenvalue weighted by Gasteiger charge is 2.13. The van der Waals surface area contributed by atoms with E-state index in [9.17, 15) is 4.39 Å². The lowest BCUT2D eigenvalue weighted by molar-refractivity contribution is 0.583. The van der Waals surface area contributed by atoms with Gasteiger partial charge in [0.2, 0.25) is 11.9 Å². The Kier molecular flexibility index (Phi) is 2.62. The van der Waals surface area contributed by atoms with Crippen molar-refractivity contribution in [1.29, 1.82) is 0 Å². The molecule has 0 amide bonds. The first-order chi connectivity index (χ1) is 7.58. The number of nitrogen functional groups attached to an aromatic ring is 2. The van der Waals surface area contributed by atoms with Gasteiger partial charge in [-0.15, -0.1) is 0 Å². The largest absolute Gasteiger partial charge is 0.399 e. The molecule has 1 aromatic carbocycles. The summed E-state index contributed by atoms with van der Waals surface area (Å²) in [6, 6.07) is 6.77. The van der Waals surface area contributed by atoms with Crippen molar-refractivity contribution < 1.29 is 4.39 Å². The number of nitrogens with two attached hydrogens (primary N) is 2. The van der Waals surface area contributed by atoms with Gasteiger partial charge in [0.05, 0.1) is 5.69 Å². The molecular formula is C10H8ClFN4. The van der Waals surface area contributed by atoms with Crippen molar-refractivity contribution in [3.63, 3.8) is 0 Å². The van der Waals surface area contributed by atoms with E-state index in [1.807, 2.05) is 0 Å². The van der Waals surface area contributed by atoms with Crippen molar-refractivity contribution in [2.75, 3.05) is 11.5 Å². The molecule has 0 saturated heterocycles. The summed E-state index contributed by atoms with van der Waals surface area (Å²) < 4.78 is 13.2. The molecule has 0 spiro atoms. The predicted molar refractivity (Wildman–Crippen MR) is 61.3 cm³/mol. The van der Waals surface area contributed by atoms with E-state index in [-0.39, 0.29) is 16.7 Å². The van der Waals surface area contributed by atoms with Crippen LogP contribution in [-0.4, -0.2) is 9.97 Å². The molecule has 0 atom stereocenters. The predicted octanol–water partition coefficient (Wildman–Crippen LogP) is 2.10. The van der Waals surface area contributed by atoms with Gasteiger partial charge in [-0.1, -0.05) is 23.7 Å². The third-order valence-electron chi connectivity index (χ3n) is 1.99. The van der Waals surface area contributed by atoms with Crippen LogP contribution in [0.3, 0.4) is 0 Å². The monoisotopic (exact) mass is 238 g/mol. The zero-order valence-electron chi connectivity index (χ0n) is 8.11. The standard InChI is InChI=1S/C10H8ClFN4/c11-7-8(15-10(14)16-9(7)12)5-2-1-3-6(13)4-5/h1-4H,13H2,(H2,14,15,16). The number of halogens is 2. The summed E-state index contributed by atoms with van der Waals surface area (Å²) in [6.45, 7) is 0. The van der Waals surface area contributed by atoms with Gasteiger partial charge >= 0.3 is 0 Å². The third kappa shape index (κ3) is 1.90. The molecule has 6 heteroatoms. The maximum atomic E-state index is 13.2. The minimum Gasteiger partial charge on any atom is -0.399 e. The first-order valence-corrected chi connectivity index (χ1v) is 4.80. The second-order valence-electron chi connectivity index (χ2n) is 3.16. The van der Waals surface area contributed by atoms with Crippen LogP contribution >= 0.6 is 11.6 Å². The van der Waals surface area contributed by atoms with E-state index in [0.29, 0.717) is 11.3 Å². The lowest BCUT2D eigenvalue weighted by atomic mass is 10.1. The van der Waals surface area contributed by atoms with E-state index in [0.717, 1.165) is 0 Å². The van der Waals surface area contributed by atoms with Crippen molar-refractivity contribution in [3.05, 3.63) is 35.2 Å². The summed E-state index contributed by atoms with van der Waals surface area (Å²) in [4.78, 5) is 7.20. The summed E-state index contributed by atoms with van der Waals surface area (Å²) in [6.07, 6.45) is 0. The number of nitrogens with zero attached hydrogens (tertiary/aromatic N) is 2. The van der Waals surface area contributed by atoms with Crippen LogP contribution in [0.4, 0.5) is 16.0 Å². The van der Waals surface area contributed by atoms with Crippen molar-refractivity contribution in [2.24, 2.45) is 0 Å². The van der Waals surface area contributed by atoms with Gasteiger partial charge in [0.25, 0.3) is 0 Å². The fraction of sp³-hybridized carbons (Fsp3) is 0.